The number of aldehydes is 1. The van der Waals surface area contributed by atoms with Crippen LogP contribution in [0.4, 0.5) is 5.82 Å². The van der Waals surface area contributed by atoms with Crippen molar-refractivity contribution in [1.29, 1.82) is 0 Å². The van der Waals surface area contributed by atoms with Gasteiger partial charge >= 0.3 is 0 Å². The Kier molecular flexibility index (Phi) is 2.76. The van der Waals surface area contributed by atoms with Crippen molar-refractivity contribution in [2.45, 2.75) is 12.8 Å². The van der Waals surface area contributed by atoms with E-state index in [0.29, 0.717) is 0 Å². The highest BCUT2D eigenvalue weighted by Gasteiger charge is 2.22. The fourth-order valence-corrected chi connectivity index (χ4v) is 3.18. The Balaban J connectivity index is 1.97. The smallest absolute Gasteiger partial charge is 0.150 e. The Labute approximate surface area is 103 Å². The average Bonchev–Trinajstić information content (AvgIpc) is 2.87. The van der Waals surface area contributed by atoms with Crippen molar-refractivity contribution in [3.05, 3.63) is 17.8 Å². The van der Waals surface area contributed by atoms with Gasteiger partial charge in [0.15, 0.2) is 0 Å². The van der Waals surface area contributed by atoms with Gasteiger partial charge in [-0.2, -0.15) is 0 Å². The van der Waals surface area contributed by atoms with Crippen LogP contribution in [0.3, 0.4) is 0 Å². The van der Waals surface area contributed by atoms with Crippen molar-refractivity contribution < 1.29 is 4.79 Å². The zero-order chi connectivity index (χ0) is 11.7. The van der Waals surface area contributed by atoms with Crippen molar-refractivity contribution in [3.63, 3.8) is 0 Å². The summed E-state index contributed by atoms with van der Waals surface area (Å²) in [7, 11) is 0. The van der Waals surface area contributed by atoms with Crippen LogP contribution in [0.25, 0.3) is 10.2 Å². The third kappa shape index (κ3) is 1.91. The minimum atomic E-state index is 0.147. The summed E-state index contributed by atoms with van der Waals surface area (Å²) in [5.74, 6) is 1.13. The van der Waals surface area contributed by atoms with Crippen LogP contribution < -0.4 is 4.90 Å². The molecular formula is C12H13N3OS. The van der Waals surface area contributed by atoms with Crippen LogP contribution in [0.1, 0.15) is 12.8 Å². The molecule has 88 valence electrons. The van der Waals surface area contributed by atoms with Gasteiger partial charge in [-0.3, -0.25) is 0 Å². The molecule has 3 rings (SSSR count). The molecule has 0 spiro atoms. The summed E-state index contributed by atoms with van der Waals surface area (Å²) in [6.07, 6.45) is 4.73. The van der Waals surface area contributed by atoms with E-state index < -0.39 is 0 Å². The topological polar surface area (TPSA) is 46.1 Å². The number of aromatic nitrogens is 2. The van der Waals surface area contributed by atoms with E-state index in [1.54, 1.807) is 17.7 Å². The summed E-state index contributed by atoms with van der Waals surface area (Å²) in [5.41, 5.74) is 0.994. The van der Waals surface area contributed by atoms with Gasteiger partial charge in [-0.25, -0.2) is 9.97 Å². The molecular weight excluding hydrogens is 234 g/mol. The molecule has 4 nitrogen and oxygen atoms in total. The number of hydrogen-bond donors (Lipinski definition) is 0. The summed E-state index contributed by atoms with van der Waals surface area (Å²) in [6, 6.07) is 2.01. The maximum absolute atomic E-state index is 10.9. The van der Waals surface area contributed by atoms with Gasteiger partial charge in [-0.1, -0.05) is 0 Å². The van der Waals surface area contributed by atoms with Crippen LogP contribution in [0.15, 0.2) is 17.8 Å². The van der Waals surface area contributed by atoms with Crippen LogP contribution in [0.5, 0.6) is 0 Å². The number of piperidine rings is 1. The van der Waals surface area contributed by atoms with E-state index in [-0.39, 0.29) is 5.92 Å². The van der Waals surface area contributed by atoms with E-state index in [2.05, 4.69) is 14.9 Å². The number of thiophene rings is 1. The first-order chi connectivity index (χ1) is 8.38. The second-order valence-electron chi connectivity index (χ2n) is 4.32. The third-order valence-electron chi connectivity index (χ3n) is 3.17. The van der Waals surface area contributed by atoms with Crippen molar-refractivity contribution in [3.8, 4) is 0 Å². The van der Waals surface area contributed by atoms with Crippen molar-refractivity contribution in [1.82, 2.24) is 9.97 Å². The van der Waals surface area contributed by atoms with E-state index >= 15 is 0 Å². The molecule has 1 unspecified atom stereocenters. The summed E-state index contributed by atoms with van der Waals surface area (Å²) >= 11 is 1.66. The molecule has 5 heteroatoms. The Hall–Kier alpha value is -1.49. The molecule has 3 heterocycles. The lowest BCUT2D eigenvalue weighted by Gasteiger charge is -2.31. The van der Waals surface area contributed by atoms with E-state index in [1.165, 1.54) is 0 Å². The van der Waals surface area contributed by atoms with Crippen molar-refractivity contribution in [2.75, 3.05) is 18.0 Å². The van der Waals surface area contributed by atoms with Crippen LogP contribution in [-0.4, -0.2) is 29.3 Å². The lowest BCUT2D eigenvalue weighted by Crippen LogP contribution is -2.36. The normalized spacial score (nSPS) is 20.7. The van der Waals surface area contributed by atoms with Crippen molar-refractivity contribution in [2.24, 2.45) is 5.92 Å². The summed E-state index contributed by atoms with van der Waals surface area (Å²) < 4.78 is 1.12. The molecule has 17 heavy (non-hydrogen) atoms. The highest BCUT2D eigenvalue weighted by Crippen LogP contribution is 2.30. The van der Waals surface area contributed by atoms with Gasteiger partial charge in [0.25, 0.3) is 0 Å². The molecule has 1 saturated heterocycles. The molecule has 0 aliphatic carbocycles. The predicted octanol–water partition coefficient (Wildman–Crippen LogP) is 2.11. The molecule has 0 amide bonds. The predicted molar refractivity (Wildman–Crippen MR) is 68.4 cm³/mol. The van der Waals surface area contributed by atoms with Gasteiger partial charge < -0.3 is 9.69 Å². The lowest BCUT2D eigenvalue weighted by atomic mass is 10.00. The SMILES string of the molecule is O=CC1CCCN(c2ncnc3ccsc23)C1. The fourth-order valence-electron chi connectivity index (χ4n) is 2.31. The molecule has 1 aliphatic heterocycles. The minimum absolute atomic E-state index is 0.147. The molecule has 0 aromatic carbocycles. The van der Waals surface area contributed by atoms with E-state index in [4.69, 9.17) is 0 Å². The second kappa shape index (κ2) is 4.41. The van der Waals surface area contributed by atoms with E-state index in [9.17, 15) is 4.79 Å². The maximum atomic E-state index is 10.9. The summed E-state index contributed by atoms with van der Waals surface area (Å²) in [6.45, 7) is 1.77. The highest BCUT2D eigenvalue weighted by atomic mass is 32.1. The zero-order valence-electron chi connectivity index (χ0n) is 9.37. The van der Waals surface area contributed by atoms with Gasteiger partial charge in [-0.05, 0) is 24.3 Å². The monoisotopic (exact) mass is 247 g/mol. The largest absolute Gasteiger partial charge is 0.355 e. The number of anilines is 1. The quantitative estimate of drug-likeness (QED) is 0.762. The molecule has 0 bridgehead atoms. The molecule has 0 saturated carbocycles. The number of carbonyl (C=O) groups is 1. The Morgan fingerprint density at radius 1 is 1.47 bits per heavy atom. The third-order valence-corrected chi connectivity index (χ3v) is 4.07. The van der Waals surface area contributed by atoms with E-state index in [0.717, 1.165) is 48.3 Å². The minimum Gasteiger partial charge on any atom is -0.355 e. The first-order valence-electron chi connectivity index (χ1n) is 5.77. The first kappa shape index (κ1) is 10.7. The van der Waals surface area contributed by atoms with E-state index in [1.807, 2.05) is 11.4 Å². The van der Waals surface area contributed by atoms with Crippen molar-refractivity contribution >= 4 is 33.7 Å². The zero-order valence-corrected chi connectivity index (χ0v) is 10.2. The average molecular weight is 247 g/mol. The van der Waals surface area contributed by atoms with Gasteiger partial charge in [0, 0.05) is 19.0 Å². The number of rotatable bonds is 2. The van der Waals surface area contributed by atoms with Crippen LogP contribution in [-0.2, 0) is 4.79 Å². The number of carbonyl (C=O) groups excluding carboxylic acids is 1. The fraction of sp³-hybridized carbons (Fsp3) is 0.417. The van der Waals surface area contributed by atoms with Crippen LogP contribution in [0, 0.1) is 5.92 Å². The van der Waals surface area contributed by atoms with Gasteiger partial charge in [0.1, 0.15) is 18.4 Å². The van der Waals surface area contributed by atoms with Crippen LogP contribution >= 0.6 is 11.3 Å². The first-order valence-corrected chi connectivity index (χ1v) is 6.65. The Morgan fingerprint density at radius 2 is 2.41 bits per heavy atom. The molecule has 1 atom stereocenters. The number of nitrogens with zero attached hydrogens (tertiary/aromatic N) is 3. The molecule has 2 aromatic rings. The van der Waals surface area contributed by atoms with Crippen LogP contribution in [0.2, 0.25) is 0 Å². The molecule has 0 radical (unpaired) electrons. The number of fused-ring (bicyclic) bond motifs is 1. The summed E-state index contributed by atoms with van der Waals surface area (Å²) in [4.78, 5) is 21.7. The second-order valence-corrected chi connectivity index (χ2v) is 5.23. The van der Waals surface area contributed by atoms with Gasteiger partial charge in [-0.15, -0.1) is 11.3 Å². The molecule has 1 aliphatic rings. The van der Waals surface area contributed by atoms with Gasteiger partial charge in [0.05, 0.1) is 10.2 Å². The molecule has 0 N–H and O–H groups in total. The maximum Gasteiger partial charge on any atom is 0.150 e. The Bertz CT molecular complexity index is 539. The lowest BCUT2D eigenvalue weighted by molar-refractivity contribution is -0.111. The molecule has 2 aromatic heterocycles. The standard InChI is InChI=1S/C12H13N3OS/c16-7-9-2-1-4-15(6-9)12-11-10(3-5-17-11)13-8-14-12/h3,5,7-9H,1-2,4,6H2. The summed E-state index contributed by atoms with van der Waals surface area (Å²) in [5, 5.41) is 2.03. The Morgan fingerprint density at radius 3 is 3.29 bits per heavy atom. The highest BCUT2D eigenvalue weighted by molar-refractivity contribution is 7.17. The number of hydrogen-bond acceptors (Lipinski definition) is 5. The molecule has 1 fully saturated rings. The van der Waals surface area contributed by atoms with Gasteiger partial charge in [0.2, 0.25) is 0 Å².